The highest BCUT2D eigenvalue weighted by atomic mass is 16.5. The Morgan fingerprint density at radius 3 is 2.57 bits per heavy atom. The molecule has 1 aliphatic carbocycles. The first-order chi connectivity index (χ1) is 14.6. The molecule has 162 valence electrons. The topological polar surface area (TPSA) is 53.8 Å². The van der Waals surface area contributed by atoms with E-state index < -0.39 is 0 Å². The summed E-state index contributed by atoms with van der Waals surface area (Å²) < 4.78 is 7.54. The number of aromatic nitrogens is 2. The molecule has 0 radical (unpaired) electrons. The monoisotopic (exact) mass is 410 g/mol. The lowest BCUT2D eigenvalue weighted by atomic mass is 9.77. The van der Waals surface area contributed by atoms with Crippen LogP contribution in [0.15, 0.2) is 30.3 Å². The van der Waals surface area contributed by atoms with Crippen molar-refractivity contribution in [3.63, 3.8) is 0 Å². The van der Waals surface area contributed by atoms with Gasteiger partial charge in [-0.3, -0.25) is 9.80 Å². The number of hydrogen-bond acceptors (Lipinski definition) is 5. The van der Waals surface area contributed by atoms with Crippen molar-refractivity contribution in [1.82, 2.24) is 19.6 Å². The summed E-state index contributed by atoms with van der Waals surface area (Å²) in [5.41, 5.74) is 4.69. The Kier molecular flexibility index (Phi) is 5.67. The third-order valence-electron chi connectivity index (χ3n) is 7.27. The number of morpholine rings is 1. The Balaban J connectivity index is 1.24. The number of aliphatic hydroxyl groups excluding tert-OH is 1. The lowest BCUT2D eigenvalue weighted by Gasteiger charge is -2.43. The second kappa shape index (κ2) is 8.42. The summed E-state index contributed by atoms with van der Waals surface area (Å²) in [4.78, 5) is 5.05. The minimum absolute atomic E-state index is 0.196. The quantitative estimate of drug-likeness (QED) is 0.839. The van der Waals surface area contributed by atoms with Crippen molar-refractivity contribution in [2.24, 2.45) is 11.8 Å². The van der Waals surface area contributed by atoms with Crippen molar-refractivity contribution in [2.75, 3.05) is 39.4 Å². The van der Waals surface area contributed by atoms with Gasteiger partial charge in [-0.15, -0.1) is 0 Å². The minimum atomic E-state index is -0.196. The molecule has 3 fully saturated rings. The van der Waals surface area contributed by atoms with Gasteiger partial charge in [0.05, 0.1) is 30.7 Å². The fraction of sp³-hybridized carbons (Fsp3) is 0.625. The van der Waals surface area contributed by atoms with Crippen molar-refractivity contribution in [1.29, 1.82) is 0 Å². The van der Waals surface area contributed by atoms with Gasteiger partial charge in [0.2, 0.25) is 0 Å². The van der Waals surface area contributed by atoms with Crippen LogP contribution in [0.25, 0.3) is 5.69 Å². The lowest BCUT2D eigenvalue weighted by molar-refractivity contribution is -0.0520. The second-order valence-electron chi connectivity index (χ2n) is 9.48. The maximum Gasteiger partial charge on any atom is 0.0698 e. The molecule has 1 aromatic carbocycles. The van der Waals surface area contributed by atoms with Crippen molar-refractivity contribution in [3.05, 3.63) is 47.3 Å². The molecular formula is C24H34N4O2. The first-order valence-corrected chi connectivity index (χ1v) is 11.4. The minimum Gasteiger partial charge on any atom is -0.391 e. The van der Waals surface area contributed by atoms with E-state index in [0.29, 0.717) is 17.9 Å². The van der Waals surface area contributed by atoms with E-state index in [-0.39, 0.29) is 6.10 Å². The van der Waals surface area contributed by atoms with Crippen molar-refractivity contribution in [2.45, 2.75) is 45.4 Å². The number of aliphatic hydroxyl groups is 1. The van der Waals surface area contributed by atoms with E-state index in [1.165, 1.54) is 11.3 Å². The number of rotatable bonds is 4. The number of ether oxygens (including phenoxy) is 1. The van der Waals surface area contributed by atoms with E-state index in [2.05, 4.69) is 52.2 Å². The smallest absolute Gasteiger partial charge is 0.0698 e. The summed E-state index contributed by atoms with van der Waals surface area (Å²) in [6.07, 6.45) is 1.86. The Hall–Kier alpha value is -1.73. The summed E-state index contributed by atoms with van der Waals surface area (Å²) in [7, 11) is 0. The van der Waals surface area contributed by atoms with Crippen molar-refractivity contribution >= 4 is 0 Å². The molecule has 0 amide bonds. The van der Waals surface area contributed by atoms with Gasteiger partial charge in [-0.05, 0) is 62.3 Å². The molecule has 6 heteroatoms. The fourth-order valence-electron chi connectivity index (χ4n) is 5.87. The second-order valence-corrected chi connectivity index (χ2v) is 9.48. The average molecular weight is 411 g/mol. The van der Waals surface area contributed by atoms with Gasteiger partial charge in [-0.25, -0.2) is 4.68 Å². The molecule has 0 unspecified atom stereocenters. The molecule has 0 bridgehead atoms. The molecule has 1 saturated carbocycles. The molecule has 1 aromatic heterocycles. The number of fused-ring (bicyclic) bond motifs is 1. The maximum absolute atomic E-state index is 10.8. The lowest BCUT2D eigenvalue weighted by Crippen LogP contribution is -2.53. The first-order valence-electron chi connectivity index (χ1n) is 11.4. The SMILES string of the molecule is Cc1cc(C)n(-c2cccc(CN3C[C@H]4C[C@@H](N5CCOCC5)[C@H](O)C[C@H]4C3)c2)n1. The molecule has 6 nitrogen and oxygen atoms in total. The van der Waals surface area contributed by atoms with Crippen LogP contribution in [0.3, 0.4) is 0 Å². The fourth-order valence-corrected chi connectivity index (χ4v) is 5.87. The van der Waals surface area contributed by atoms with Gasteiger partial charge in [0.1, 0.15) is 0 Å². The molecule has 2 aromatic rings. The van der Waals surface area contributed by atoms with Crippen LogP contribution < -0.4 is 0 Å². The third-order valence-corrected chi connectivity index (χ3v) is 7.27. The zero-order chi connectivity index (χ0) is 20.7. The largest absolute Gasteiger partial charge is 0.391 e. The predicted octanol–water partition coefficient (Wildman–Crippen LogP) is 2.39. The van der Waals surface area contributed by atoms with Gasteiger partial charge in [0, 0.05) is 44.5 Å². The van der Waals surface area contributed by atoms with E-state index in [0.717, 1.165) is 70.2 Å². The van der Waals surface area contributed by atoms with Crippen LogP contribution in [0.5, 0.6) is 0 Å². The van der Waals surface area contributed by atoms with E-state index >= 15 is 0 Å². The van der Waals surface area contributed by atoms with Gasteiger partial charge in [0.25, 0.3) is 0 Å². The molecule has 2 saturated heterocycles. The van der Waals surface area contributed by atoms with Crippen LogP contribution in [-0.4, -0.2) is 76.2 Å². The van der Waals surface area contributed by atoms with Crippen LogP contribution >= 0.6 is 0 Å². The number of benzene rings is 1. The summed E-state index contributed by atoms with van der Waals surface area (Å²) in [5.74, 6) is 1.32. The predicted molar refractivity (Wildman–Crippen MR) is 117 cm³/mol. The Labute approximate surface area is 179 Å². The van der Waals surface area contributed by atoms with Crippen molar-refractivity contribution in [3.8, 4) is 5.69 Å². The summed E-state index contributed by atoms with van der Waals surface area (Å²) in [5, 5.41) is 15.5. The third kappa shape index (κ3) is 4.06. The number of nitrogens with zero attached hydrogens (tertiary/aromatic N) is 4. The zero-order valence-electron chi connectivity index (χ0n) is 18.2. The highest BCUT2D eigenvalue weighted by molar-refractivity contribution is 5.37. The molecule has 2 aliphatic heterocycles. The van der Waals surface area contributed by atoms with Crippen LogP contribution in [0.4, 0.5) is 0 Å². The van der Waals surface area contributed by atoms with Gasteiger partial charge in [-0.1, -0.05) is 12.1 Å². The standard InChI is InChI=1S/C24H34N4O2/c1-17-10-18(2)28(25-17)22-5-3-4-19(11-22)14-26-15-20-12-23(24(29)13-21(20)16-26)27-6-8-30-9-7-27/h3-5,10-11,20-21,23-24,29H,6-9,12-16H2,1-2H3/t20-,21+,23-,24-/m1/s1. The van der Waals surface area contributed by atoms with Gasteiger partial charge in [-0.2, -0.15) is 5.10 Å². The highest BCUT2D eigenvalue weighted by Gasteiger charge is 2.43. The van der Waals surface area contributed by atoms with E-state index in [4.69, 9.17) is 4.74 Å². The van der Waals surface area contributed by atoms with Crippen LogP contribution in [0.2, 0.25) is 0 Å². The molecule has 0 spiro atoms. The van der Waals surface area contributed by atoms with Gasteiger partial charge < -0.3 is 9.84 Å². The molecule has 3 aliphatic rings. The zero-order valence-corrected chi connectivity index (χ0v) is 18.2. The Bertz CT molecular complexity index is 876. The van der Waals surface area contributed by atoms with Gasteiger partial charge >= 0.3 is 0 Å². The van der Waals surface area contributed by atoms with Crippen LogP contribution in [0.1, 0.15) is 29.8 Å². The van der Waals surface area contributed by atoms with Crippen molar-refractivity contribution < 1.29 is 9.84 Å². The van der Waals surface area contributed by atoms with E-state index in [1.54, 1.807) is 0 Å². The number of likely N-dealkylation sites (tertiary alicyclic amines) is 1. The molecule has 1 N–H and O–H groups in total. The molecule has 5 rings (SSSR count). The Morgan fingerprint density at radius 1 is 1.07 bits per heavy atom. The highest BCUT2D eigenvalue weighted by Crippen LogP contribution is 2.39. The Morgan fingerprint density at radius 2 is 1.83 bits per heavy atom. The average Bonchev–Trinajstić information content (AvgIpc) is 3.29. The summed E-state index contributed by atoms with van der Waals surface area (Å²) in [6, 6.07) is 11.2. The van der Waals surface area contributed by atoms with Crippen LogP contribution in [-0.2, 0) is 11.3 Å². The molecule has 4 atom stereocenters. The number of aryl methyl sites for hydroxylation is 2. The number of hydrogen-bond donors (Lipinski definition) is 1. The molecular weight excluding hydrogens is 376 g/mol. The maximum atomic E-state index is 10.8. The van der Waals surface area contributed by atoms with Crippen LogP contribution in [0, 0.1) is 25.7 Å². The van der Waals surface area contributed by atoms with E-state index in [9.17, 15) is 5.11 Å². The summed E-state index contributed by atoms with van der Waals surface area (Å²) in [6.45, 7) is 10.9. The summed E-state index contributed by atoms with van der Waals surface area (Å²) >= 11 is 0. The van der Waals surface area contributed by atoms with E-state index in [1.807, 2.05) is 11.6 Å². The molecule has 3 heterocycles. The first kappa shape index (κ1) is 20.2. The normalized spacial score (nSPS) is 30.5. The molecule has 30 heavy (non-hydrogen) atoms. The van der Waals surface area contributed by atoms with Gasteiger partial charge in [0.15, 0.2) is 0 Å².